The standard InChI is InChI=1S/C25H28ClFN6O2/c1-28-24(34)19-4-3-5-21(27)22(19)31-23-20(26)15-29-25(32-23)30-18-7-6-16-8-10-33(12-13-35-2)11-9-17(16)14-18/h3-7,14-15H,8-13H2,1-2H3,(H,28,34)(H2,29,30,31,32). The van der Waals surface area contributed by atoms with Gasteiger partial charge in [-0.3, -0.25) is 4.79 Å². The lowest BCUT2D eigenvalue weighted by molar-refractivity contribution is 0.0963. The summed E-state index contributed by atoms with van der Waals surface area (Å²) in [7, 11) is 3.20. The predicted molar refractivity (Wildman–Crippen MR) is 136 cm³/mol. The van der Waals surface area contributed by atoms with Gasteiger partial charge in [-0.25, -0.2) is 9.37 Å². The minimum Gasteiger partial charge on any atom is -0.383 e. The van der Waals surface area contributed by atoms with Crippen molar-refractivity contribution in [3.63, 3.8) is 0 Å². The average Bonchev–Trinajstić information content (AvgIpc) is 3.07. The molecule has 0 fully saturated rings. The fraction of sp³-hybridized carbons (Fsp3) is 0.320. The molecule has 0 radical (unpaired) electrons. The number of amides is 1. The number of nitrogens with zero attached hydrogens (tertiary/aromatic N) is 3. The van der Waals surface area contributed by atoms with Crippen molar-refractivity contribution in [2.75, 3.05) is 51.0 Å². The van der Waals surface area contributed by atoms with Crippen molar-refractivity contribution in [3.8, 4) is 0 Å². The lowest BCUT2D eigenvalue weighted by atomic mass is 10.0. The third kappa shape index (κ3) is 6.05. The minimum atomic E-state index is -0.597. The number of nitrogens with one attached hydrogen (secondary N) is 3. The highest BCUT2D eigenvalue weighted by Crippen LogP contribution is 2.29. The Kier molecular flexibility index (Phi) is 8.12. The first-order valence-electron chi connectivity index (χ1n) is 11.4. The maximum absolute atomic E-state index is 14.5. The lowest BCUT2D eigenvalue weighted by Crippen LogP contribution is -2.29. The van der Waals surface area contributed by atoms with Gasteiger partial charge in [0.05, 0.1) is 24.1 Å². The number of benzene rings is 2. The number of ether oxygens (including phenoxy) is 1. The van der Waals surface area contributed by atoms with Gasteiger partial charge in [0.15, 0.2) is 5.82 Å². The molecule has 1 aliphatic heterocycles. The normalized spacial score (nSPS) is 13.6. The van der Waals surface area contributed by atoms with Crippen LogP contribution in [-0.2, 0) is 17.6 Å². The van der Waals surface area contributed by atoms with Gasteiger partial charge in [-0.1, -0.05) is 23.7 Å². The smallest absolute Gasteiger partial charge is 0.253 e. The summed E-state index contributed by atoms with van der Waals surface area (Å²) >= 11 is 6.28. The first-order chi connectivity index (χ1) is 17.0. The van der Waals surface area contributed by atoms with E-state index >= 15 is 0 Å². The predicted octanol–water partition coefficient (Wildman–Crippen LogP) is 4.16. The zero-order chi connectivity index (χ0) is 24.8. The fourth-order valence-corrected chi connectivity index (χ4v) is 4.17. The molecule has 184 valence electrons. The molecule has 0 aliphatic carbocycles. The van der Waals surface area contributed by atoms with E-state index in [2.05, 4.69) is 43.0 Å². The van der Waals surface area contributed by atoms with Crippen molar-refractivity contribution in [1.82, 2.24) is 20.2 Å². The third-order valence-electron chi connectivity index (χ3n) is 5.94. The molecule has 0 saturated heterocycles. The molecular formula is C25H28ClFN6O2. The average molecular weight is 499 g/mol. The molecule has 0 spiro atoms. The number of para-hydroxylation sites is 1. The molecule has 1 aromatic heterocycles. The molecule has 35 heavy (non-hydrogen) atoms. The summed E-state index contributed by atoms with van der Waals surface area (Å²) in [5.74, 6) is -0.546. The molecule has 3 aromatic rings. The van der Waals surface area contributed by atoms with E-state index in [9.17, 15) is 9.18 Å². The molecule has 10 heteroatoms. The first kappa shape index (κ1) is 24.8. The lowest BCUT2D eigenvalue weighted by Gasteiger charge is -2.18. The number of anilines is 4. The number of carbonyl (C=O) groups excluding carboxylic acids is 1. The highest BCUT2D eigenvalue weighted by atomic mass is 35.5. The van der Waals surface area contributed by atoms with Gasteiger partial charge in [0.2, 0.25) is 5.95 Å². The van der Waals surface area contributed by atoms with Crippen LogP contribution < -0.4 is 16.0 Å². The van der Waals surface area contributed by atoms with Gasteiger partial charge in [0.1, 0.15) is 10.8 Å². The van der Waals surface area contributed by atoms with Crippen LogP contribution in [0.3, 0.4) is 0 Å². The summed E-state index contributed by atoms with van der Waals surface area (Å²) in [5, 5.41) is 8.76. The summed E-state index contributed by atoms with van der Waals surface area (Å²) < 4.78 is 19.8. The summed E-state index contributed by atoms with van der Waals surface area (Å²) in [4.78, 5) is 23.3. The minimum absolute atomic E-state index is 0.0125. The second-order valence-corrected chi connectivity index (χ2v) is 8.61. The molecule has 2 aromatic carbocycles. The Morgan fingerprint density at radius 2 is 1.97 bits per heavy atom. The molecule has 3 N–H and O–H groups in total. The molecular weight excluding hydrogens is 471 g/mol. The molecule has 0 atom stereocenters. The van der Waals surface area contributed by atoms with Crippen LogP contribution in [-0.4, -0.2) is 61.2 Å². The van der Waals surface area contributed by atoms with Crippen LogP contribution in [0.15, 0.2) is 42.6 Å². The molecule has 0 unspecified atom stereocenters. The van der Waals surface area contributed by atoms with E-state index < -0.39 is 11.7 Å². The summed E-state index contributed by atoms with van der Waals surface area (Å²) in [6.07, 6.45) is 3.36. The van der Waals surface area contributed by atoms with Crippen LogP contribution in [0, 0.1) is 5.82 Å². The zero-order valence-corrected chi connectivity index (χ0v) is 20.5. The Bertz CT molecular complexity index is 1210. The van der Waals surface area contributed by atoms with Crippen molar-refractivity contribution in [2.24, 2.45) is 0 Å². The van der Waals surface area contributed by atoms with Gasteiger partial charge in [0.25, 0.3) is 5.91 Å². The molecule has 8 nitrogen and oxygen atoms in total. The van der Waals surface area contributed by atoms with Gasteiger partial charge in [-0.05, 0) is 48.2 Å². The largest absolute Gasteiger partial charge is 0.383 e. The Labute approximate surface area is 208 Å². The van der Waals surface area contributed by atoms with Gasteiger partial charge in [-0.15, -0.1) is 0 Å². The van der Waals surface area contributed by atoms with Crippen molar-refractivity contribution in [3.05, 3.63) is 70.1 Å². The van der Waals surface area contributed by atoms with E-state index in [4.69, 9.17) is 16.3 Å². The zero-order valence-electron chi connectivity index (χ0n) is 19.7. The Morgan fingerprint density at radius 1 is 1.17 bits per heavy atom. The van der Waals surface area contributed by atoms with E-state index in [1.807, 2.05) is 6.07 Å². The number of aromatic nitrogens is 2. The first-order valence-corrected chi connectivity index (χ1v) is 11.8. The van der Waals surface area contributed by atoms with Crippen LogP contribution in [0.25, 0.3) is 0 Å². The quantitative estimate of drug-likeness (QED) is 0.429. The maximum Gasteiger partial charge on any atom is 0.253 e. The van der Waals surface area contributed by atoms with Crippen molar-refractivity contribution in [2.45, 2.75) is 12.8 Å². The van der Waals surface area contributed by atoms with Crippen LogP contribution in [0.2, 0.25) is 5.02 Å². The van der Waals surface area contributed by atoms with Crippen molar-refractivity contribution in [1.29, 1.82) is 0 Å². The van der Waals surface area contributed by atoms with E-state index in [1.54, 1.807) is 7.11 Å². The number of rotatable bonds is 8. The summed E-state index contributed by atoms with van der Waals surface area (Å²) in [5.41, 5.74) is 3.59. The number of methoxy groups -OCH3 is 1. The monoisotopic (exact) mass is 498 g/mol. The van der Waals surface area contributed by atoms with Gasteiger partial charge < -0.3 is 25.6 Å². The number of fused-ring (bicyclic) bond motifs is 1. The Hall–Kier alpha value is -3.27. The topological polar surface area (TPSA) is 91.4 Å². The van der Waals surface area contributed by atoms with Crippen LogP contribution in [0.5, 0.6) is 0 Å². The number of hydrogen-bond donors (Lipinski definition) is 3. The fourth-order valence-electron chi connectivity index (χ4n) is 4.03. The van der Waals surface area contributed by atoms with Crippen LogP contribution in [0.1, 0.15) is 21.5 Å². The van der Waals surface area contributed by atoms with E-state index in [0.717, 1.165) is 44.8 Å². The SMILES string of the molecule is CNC(=O)c1cccc(F)c1Nc1nc(Nc2ccc3c(c2)CCN(CCOC)CC3)ncc1Cl. The molecule has 4 rings (SSSR count). The Morgan fingerprint density at radius 3 is 2.74 bits per heavy atom. The highest BCUT2D eigenvalue weighted by molar-refractivity contribution is 6.33. The second-order valence-electron chi connectivity index (χ2n) is 8.20. The molecule has 0 bridgehead atoms. The van der Waals surface area contributed by atoms with Gasteiger partial charge >= 0.3 is 0 Å². The van der Waals surface area contributed by atoms with Crippen molar-refractivity contribution < 1.29 is 13.9 Å². The van der Waals surface area contributed by atoms with Crippen LogP contribution in [0.4, 0.5) is 27.5 Å². The molecule has 1 aliphatic rings. The van der Waals surface area contributed by atoms with E-state index in [0.29, 0.717) is 5.95 Å². The van der Waals surface area contributed by atoms with Gasteiger partial charge in [-0.2, -0.15) is 4.98 Å². The third-order valence-corrected chi connectivity index (χ3v) is 6.22. The number of hydrogen-bond acceptors (Lipinski definition) is 7. The molecule has 2 heterocycles. The van der Waals surface area contributed by atoms with Gasteiger partial charge in [0, 0.05) is 39.5 Å². The molecule has 0 saturated carbocycles. The summed E-state index contributed by atoms with van der Waals surface area (Å²) in [6.45, 7) is 3.63. The van der Waals surface area contributed by atoms with E-state index in [1.165, 1.54) is 42.6 Å². The number of carbonyl (C=O) groups is 1. The molecule has 1 amide bonds. The van der Waals surface area contributed by atoms with E-state index in [-0.39, 0.29) is 22.1 Å². The number of halogens is 2. The maximum atomic E-state index is 14.5. The Balaban J connectivity index is 1.52. The van der Waals surface area contributed by atoms with Crippen LogP contribution >= 0.6 is 11.6 Å². The highest BCUT2D eigenvalue weighted by Gasteiger charge is 2.18. The second kappa shape index (κ2) is 11.4. The summed E-state index contributed by atoms with van der Waals surface area (Å²) in [6, 6.07) is 10.5. The van der Waals surface area contributed by atoms with Crippen molar-refractivity contribution >= 4 is 40.6 Å².